The normalized spacial score (nSPS) is 13.8. The summed E-state index contributed by atoms with van der Waals surface area (Å²) in [6.45, 7) is 12.1. The van der Waals surface area contributed by atoms with Crippen LogP contribution in [0.2, 0.25) is 0 Å². The highest BCUT2D eigenvalue weighted by Gasteiger charge is 2.16. The second kappa shape index (κ2) is 18.4. The Bertz CT molecular complexity index is 1130. The maximum atomic E-state index is 6.05. The minimum absolute atomic E-state index is 0.453. The van der Waals surface area contributed by atoms with Gasteiger partial charge < -0.3 is 28.6 Å². The molecule has 7 nitrogen and oxygen atoms in total. The molecule has 1 heterocycles. The molecular weight excluding hydrogens is 528 g/mol. The number of anilines is 1. The van der Waals surface area contributed by atoms with Gasteiger partial charge in [0.1, 0.15) is 24.7 Å². The van der Waals surface area contributed by atoms with Crippen LogP contribution in [0.25, 0.3) is 0 Å². The molecule has 228 valence electrons. The van der Waals surface area contributed by atoms with E-state index in [1.54, 1.807) is 7.11 Å². The molecule has 1 fully saturated rings. The molecule has 4 rings (SSSR count). The molecule has 0 saturated carbocycles. The SMILES string of the molecule is COCCCOCCOc1ccccc1COc1ccc(CCOCCCN2CCN(c3ccc(C)cc3)CC2)cc1. The summed E-state index contributed by atoms with van der Waals surface area (Å²) in [5.41, 5.74) is 4.92. The third-order valence-corrected chi connectivity index (χ3v) is 7.48. The molecule has 0 bridgehead atoms. The molecule has 0 N–H and O–H groups in total. The predicted octanol–water partition coefficient (Wildman–Crippen LogP) is 5.78. The first-order chi connectivity index (χ1) is 20.7. The highest BCUT2D eigenvalue weighted by Crippen LogP contribution is 2.21. The number of benzene rings is 3. The molecule has 1 aliphatic heterocycles. The van der Waals surface area contributed by atoms with Crippen molar-refractivity contribution in [2.75, 3.05) is 84.4 Å². The summed E-state index contributed by atoms with van der Waals surface area (Å²) in [4.78, 5) is 5.04. The van der Waals surface area contributed by atoms with E-state index >= 15 is 0 Å². The molecule has 3 aromatic rings. The van der Waals surface area contributed by atoms with Crippen molar-refractivity contribution in [3.63, 3.8) is 0 Å². The van der Waals surface area contributed by atoms with Crippen LogP contribution in [-0.4, -0.2) is 84.4 Å². The maximum Gasteiger partial charge on any atom is 0.126 e. The van der Waals surface area contributed by atoms with Gasteiger partial charge in [0, 0.05) is 70.9 Å². The van der Waals surface area contributed by atoms with Crippen LogP contribution in [0.1, 0.15) is 29.5 Å². The summed E-state index contributed by atoms with van der Waals surface area (Å²) in [5, 5.41) is 0. The van der Waals surface area contributed by atoms with E-state index in [0.717, 1.165) is 82.3 Å². The summed E-state index contributed by atoms with van der Waals surface area (Å²) in [5.74, 6) is 1.68. The van der Waals surface area contributed by atoms with Gasteiger partial charge in [0.05, 0.1) is 13.2 Å². The zero-order chi connectivity index (χ0) is 29.2. The molecule has 42 heavy (non-hydrogen) atoms. The van der Waals surface area contributed by atoms with Gasteiger partial charge in [-0.3, -0.25) is 4.90 Å². The van der Waals surface area contributed by atoms with Gasteiger partial charge in [0.2, 0.25) is 0 Å². The van der Waals surface area contributed by atoms with Crippen molar-refractivity contribution < 1.29 is 23.7 Å². The molecule has 0 spiro atoms. The van der Waals surface area contributed by atoms with Crippen molar-refractivity contribution in [2.24, 2.45) is 0 Å². The van der Waals surface area contributed by atoms with E-state index in [1.165, 1.54) is 16.8 Å². The number of rotatable bonds is 19. The largest absolute Gasteiger partial charge is 0.491 e. The van der Waals surface area contributed by atoms with Gasteiger partial charge in [-0.1, -0.05) is 48.0 Å². The summed E-state index contributed by atoms with van der Waals surface area (Å²) in [6, 6.07) is 25.2. The van der Waals surface area contributed by atoms with Crippen LogP contribution in [0.3, 0.4) is 0 Å². The Morgan fingerprint density at radius 3 is 2.19 bits per heavy atom. The first kappa shape index (κ1) is 31.8. The Morgan fingerprint density at radius 2 is 1.40 bits per heavy atom. The van der Waals surface area contributed by atoms with Gasteiger partial charge in [0.25, 0.3) is 0 Å². The molecular formula is C35H48N2O5. The lowest BCUT2D eigenvalue weighted by Crippen LogP contribution is -2.46. The van der Waals surface area contributed by atoms with E-state index in [-0.39, 0.29) is 0 Å². The summed E-state index contributed by atoms with van der Waals surface area (Å²) in [7, 11) is 1.70. The van der Waals surface area contributed by atoms with Crippen molar-refractivity contribution in [1.29, 1.82) is 0 Å². The lowest BCUT2D eigenvalue weighted by atomic mass is 10.1. The second-order valence-corrected chi connectivity index (χ2v) is 10.7. The molecule has 0 atom stereocenters. The van der Waals surface area contributed by atoms with Crippen molar-refractivity contribution >= 4 is 5.69 Å². The number of piperazine rings is 1. The highest BCUT2D eigenvalue weighted by atomic mass is 16.5. The Hall–Kier alpha value is -3.10. The second-order valence-electron chi connectivity index (χ2n) is 10.7. The van der Waals surface area contributed by atoms with E-state index in [0.29, 0.717) is 33.0 Å². The minimum Gasteiger partial charge on any atom is -0.491 e. The molecule has 1 saturated heterocycles. The van der Waals surface area contributed by atoms with Crippen LogP contribution in [0, 0.1) is 6.92 Å². The third kappa shape index (κ3) is 11.3. The topological polar surface area (TPSA) is 52.6 Å². The van der Waals surface area contributed by atoms with Crippen molar-refractivity contribution in [2.45, 2.75) is 32.8 Å². The number of aryl methyl sites for hydroxylation is 1. The Kier molecular flexibility index (Phi) is 14.0. The number of para-hydroxylation sites is 1. The van der Waals surface area contributed by atoms with E-state index in [9.17, 15) is 0 Å². The smallest absolute Gasteiger partial charge is 0.126 e. The van der Waals surface area contributed by atoms with Crippen LogP contribution in [0.5, 0.6) is 11.5 Å². The Labute approximate surface area is 252 Å². The fourth-order valence-electron chi connectivity index (χ4n) is 4.96. The summed E-state index contributed by atoms with van der Waals surface area (Å²) in [6.07, 6.45) is 2.87. The van der Waals surface area contributed by atoms with Gasteiger partial charge >= 0.3 is 0 Å². The van der Waals surface area contributed by atoms with Gasteiger partial charge in [-0.15, -0.1) is 0 Å². The summed E-state index contributed by atoms with van der Waals surface area (Å²) < 4.78 is 28.5. The number of hydrogen-bond acceptors (Lipinski definition) is 7. The van der Waals surface area contributed by atoms with Crippen molar-refractivity contribution in [1.82, 2.24) is 4.90 Å². The number of hydrogen-bond donors (Lipinski definition) is 0. The third-order valence-electron chi connectivity index (χ3n) is 7.48. The molecule has 1 aliphatic rings. The van der Waals surface area contributed by atoms with Gasteiger partial charge in [-0.2, -0.15) is 0 Å². The fourth-order valence-corrected chi connectivity index (χ4v) is 4.96. The number of nitrogens with zero attached hydrogens (tertiary/aromatic N) is 2. The van der Waals surface area contributed by atoms with E-state index in [2.05, 4.69) is 53.1 Å². The van der Waals surface area contributed by atoms with E-state index < -0.39 is 0 Å². The number of ether oxygens (including phenoxy) is 5. The molecule has 0 radical (unpaired) electrons. The van der Waals surface area contributed by atoms with E-state index in [1.807, 2.05) is 36.4 Å². The molecule has 0 aliphatic carbocycles. The molecule has 7 heteroatoms. The maximum absolute atomic E-state index is 6.05. The first-order valence-corrected chi connectivity index (χ1v) is 15.3. The Morgan fingerprint density at radius 1 is 0.667 bits per heavy atom. The highest BCUT2D eigenvalue weighted by molar-refractivity contribution is 5.47. The number of methoxy groups -OCH3 is 1. The molecule has 0 amide bonds. The van der Waals surface area contributed by atoms with Crippen molar-refractivity contribution in [3.05, 3.63) is 89.5 Å². The van der Waals surface area contributed by atoms with Gasteiger partial charge in [-0.05, 0) is 62.1 Å². The van der Waals surface area contributed by atoms with Crippen LogP contribution in [0.15, 0.2) is 72.8 Å². The zero-order valence-electron chi connectivity index (χ0n) is 25.5. The average molecular weight is 577 g/mol. The standard InChI is InChI=1S/C35H48N2O5/c1-30-9-13-33(14-10-30)37-21-19-36(20-22-37)18-5-24-39-26-17-31-11-15-34(16-12-31)42-29-32-7-3-4-8-35(32)41-28-27-40-25-6-23-38-2/h3-4,7-16H,5-6,17-29H2,1-2H3. The minimum atomic E-state index is 0.453. The van der Waals surface area contributed by atoms with E-state index in [4.69, 9.17) is 23.7 Å². The predicted molar refractivity (Wildman–Crippen MR) is 169 cm³/mol. The Balaban J connectivity index is 1.05. The monoisotopic (exact) mass is 576 g/mol. The first-order valence-electron chi connectivity index (χ1n) is 15.3. The van der Waals surface area contributed by atoms with Crippen LogP contribution in [0.4, 0.5) is 5.69 Å². The zero-order valence-corrected chi connectivity index (χ0v) is 25.5. The van der Waals surface area contributed by atoms with Crippen molar-refractivity contribution in [3.8, 4) is 11.5 Å². The van der Waals surface area contributed by atoms with Crippen LogP contribution in [-0.2, 0) is 27.2 Å². The molecule has 0 aromatic heterocycles. The summed E-state index contributed by atoms with van der Waals surface area (Å²) >= 11 is 0. The quantitative estimate of drug-likeness (QED) is 0.168. The molecule has 0 unspecified atom stereocenters. The van der Waals surface area contributed by atoms with Crippen LogP contribution >= 0.6 is 0 Å². The average Bonchev–Trinajstić information content (AvgIpc) is 3.03. The van der Waals surface area contributed by atoms with Gasteiger partial charge in [-0.25, -0.2) is 0 Å². The van der Waals surface area contributed by atoms with Gasteiger partial charge in [0.15, 0.2) is 0 Å². The fraction of sp³-hybridized carbons (Fsp3) is 0.486. The lowest BCUT2D eigenvalue weighted by molar-refractivity contribution is 0.0801. The van der Waals surface area contributed by atoms with Crippen LogP contribution < -0.4 is 14.4 Å². The lowest BCUT2D eigenvalue weighted by Gasteiger charge is -2.36. The molecule has 3 aromatic carbocycles.